The van der Waals surface area contributed by atoms with Crippen molar-refractivity contribution in [3.05, 3.63) is 66.2 Å². The zero-order valence-electron chi connectivity index (χ0n) is 12.3. The van der Waals surface area contributed by atoms with Crippen molar-refractivity contribution in [1.82, 2.24) is 5.32 Å². The van der Waals surface area contributed by atoms with Crippen LogP contribution >= 0.6 is 46.6 Å². The molecule has 0 aliphatic carbocycles. The molecular formula is C16H14Cl3N3OS. The second kappa shape index (κ2) is 8.62. The molecule has 1 amide bonds. The number of amidine groups is 1. The minimum atomic E-state index is -1.76. The molecule has 0 heterocycles. The van der Waals surface area contributed by atoms with Crippen molar-refractivity contribution in [2.45, 2.75) is 9.17 Å². The number of halogens is 3. The Bertz CT molecular complexity index is 706. The van der Waals surface area contributed by atoms with Crippen LogP contribution in [-0.4, -0.2) is 20.2 Å². The number of nitrogens with one attached hydrogen (secondary N) is 1. The van der Waals surface area contributed by atoms with Gasteiger partial charge in [-0.15, -0.1) is 0 Å². The highest BCUT2D eigenvalue weighted by atomic mass is 35.6. The molecule has 0 spiro atoms. The highest BCUT2D eigenvalue weighted by molar-refractivity contribution is 8.14. The number of benzene rings is 2. The van der Waals surface area contributed by atoms with Gasteiger partial charge in [0.2, 0.25) is 3.79 Å². The second-order valence-corrected chi connectivity index (χ2v) is 8.16. The Morgan fingerprint density at radius 1 is 1.04 bits per heavy atom. The largest absolute Gasteiger partial charge is 0.378 e. The van der Waals surface area contributed by atoms with E-state index in [0.29, 0.717) is 11.3 Å². The van der Waals surface area contributed by atoms with Crippen molar-refractivity contribution in [2.75, 3.05) is 0 Å². The Kier molecular flexibility index (Phi) is 6.80. The Balaban J connectivity index is 2.12. The number of aliphatic imine (C=N–C) groups is 1. The number of alkyl halides is 3. The monoisotopic (exact) mass is 401 g/mol. The van der Waals surface area contributed by atoms with E-state index in [0.717, 1.165) is 11.8 Å². The Labute approximate surface area is 159 Å². The molecule has 2 rings (SSSR count). The predicted octanol–water partition coefficient (Wildman–Crippen LogP) is 4.49. The summed E-state index contributed by atoms with van der Waals surface area (Å²) in [4.78, 5) is 16.5. The molecule has 24 heavy (non-hydrogen) atoms. The smallest absolute Gasteiger partial charge is 0.252 e. The molecule has 0 saturated carbocycles. The first-order chi connectivity index (χ1) is 11.4. The second-order valence-electron chi connectivity index (χ2n) is 4.66. The fraction of sp³-hybridized carbons (Fsp3) is 0.125. The summed E-state index contributed by atoms with van der Waals surface area (Å²) in [5.74, 6) is -0.369. The lowest BCUT2D eigenvalue weighted by Crippen LogP contribution is -2.42. The van der Waals surface area contributed by atoms with Gasteiger partial charge in [0, 0.05) is 5.56 Å². The number of hydrogen-bond donors (Lipinski definition) is 2. The van der Waals surface area contributed by atoms with Gasteiger partial charge in [-0.3, -0.25) is 4.79 Å². The first kappa shape index (κ1) is 18.9. The van der Waals surface area contributed by atoms with Crippen LogP contribution in [0.1, 0.15) is 10.4 Å². The first-order valence-corrected chi connectivity index (χ1v) is 8.86. The molecule has 2 aromatic carbocycles. The normalized spacial score (nSPS) is 13.4. The third-order valence-corrected chi connectivity index (χ3v) is 4.91. The number of amides is 1. The first-order valence-electron chi connectivity index (χ1n) is 6.85. The summed E-state index contributed by atoms with van der Waals surface area (Å²) < 4.78 is -1.76. The Hall–Kier alpha value is -1.40. The van der Waals surface area contributed by atoms with Gasteiger partial charge in [0.15, 0.2) is 5.17 Å². The minimum Gasteiger partial charge on any atom is -0.378 e. The molecule has 4 nitrogen and oxygen atoms in total. The summed E-state index contributed by atoms with van der Waals surface area (Å²) >= 11 is 18.9. The van der Waals surface area contributed by atoms with E-state index in [9.17, 15) is 4.79 Å². The van der Waals surface area contributed by atoms with Gasteiger partial charge in [-0.2, -0.15) is 0 Å². The number of nitrogens with zero attached hydrogens (tertiary/aromatic N) is 1. The van der Waals surface area contributed by atoms with Crippen molar-refractivity contribution in [2.24, 2.45) is 10.7 Å². The lowest BCUT2D eigenvalue weighted by Gasteiger charge is -2.24. The van der Waals surface area contributed by atoms with Crippen molar-refractivity contribution in [3.8, 4) is 0 Å². The van der Waals surface area contributed by atoms with E-state index in [2.05, 4.69) is 10.3 Å². The van der Waals surface area contributed by atoms with Gasteiger partial charge in [0.05, 0.1) is 5.69 Å². The molecule has 0 aliphatic rings. The minimum absolute atomic E-state index is 0.172. The van der Waals surface area contributed by atoms with Gasteiger partial charge in [-0.1, -0.05) is 83.0 Å². The van der Waals surface area contributed by atoms with Crippen LogP contribution in [0, 0.1) is 0 Å². The Morgan fingerprint density at radius 2 is 1.58 bits per heavy atom. The molecular weight excluding hydrogens is 389 g/mol. The third-order valence-electron chi connectivity index (χ3n) is 2.83. The lowest BCUT2D eigenvalue weighted by atomic mass is 10.2. The molecule has 3 N–H and O–H groups in total. The molecule has 0 aliphatic heterocycles. The maximum Gasteiger partial charge on any atom is 0.252 e. The van der Waals surface area contributed by atoms with Gasteiger partial charge in [0.1, 0.15) is 5.37 Å². The zero-order chi connectivity index (χ0) is 17.6. The van der Waals surface area contributed by atoms with E-state index in [1.807, 2.05) is 24.3 Å². The lowest BCUT2D eigenvalue weighted by molar-refractivity contribution is 0.0950. The molecule has 0 aromatic heterocycles. The average Bonchev–Trinajstić information content (AvgIpc) is 2.55. The van der Waals surface area contributed by atoms with Gasteiger partial charge < -0.3 is 11.1 Å². The van der Waals surface area contributed by atoms with Gasteiger partial charge >= 0.3 is 0 Å². The molecule has 2 aromatic rings. The van der Waals surface area contributed by atoms with Crippen molar-refractivity contribution < 1.29 is 4.79 Å². The number of carbonyl (C=O) groups excluding carboxylic acids is 1. The van der Waals surface area contributed by atoms with Crippen LogP contribution in [0.2, 0.25) is 0 Å². The number of rotatable bonds is 4. The van der Waals surface area contributed by atoms with Gasteiger partial charge in [0.25, 0.3) is 5.91 Å². The topological polar surface area (TPSA) is 67.5 Å². The summed E-state index contributed by atoms with van der Waals surface area (Å²) in [6.45, 7) is 0. The van der Waals surface area contributed by atoms with Crippen LogP contribution in [0.4, 0.5) is 5.69 Å². The van der Waals surface area contributed by atoms with E-state index >= 15 is 0 Å². The van der Waals surface area contributed by atoms with Crippen LogP contribution in [0.5, 0.6) is 0 Å². The maximum atomic E-state index is 12.3. The van der Waals surface area contributed by atoms with E-state index in [-0.39, 0.29) is 11.1 Å². The van der Waals surface area contributed by atoms with Gasteiger partial charge in [-0.25, -0.2) is 4.99 Å². The van der Waals surface area contributed by atoms with E-state index in [1.165, 1.54) is 0 Å². The van der Waals surface area contributed by atoms with Gasteiger partial charge in [-0.05, 0) is 24.3 Å². The van der Waals surface area contributed by atoms with E-state index in [1.54, 1.807) is 36.4 Å². The molecule has 0 saturated heterocycles. The van der Waals surface area contributed by atoms with Crippen molar-refractivity contribution in [1.29, 1.82) is 0 Å². The molecule has 8 heteroatoms. The maximum absolute atomic E-state index is 12.3. The molecule has 0 bridgehead atoms. The van der Waals surface area contributed by atoms with E-state index in [4.69, 9.17) is 40.5 Å². The van der Waals surface area contributed by atoms with Crippen molar-refractivity contribution in [3.63, 3.8) is 0 Å². The standard InChI is InChI=1S/C16H14Cl3N3OS/c17-16(18,19)14(22-13(23)11-7-3-1-4-8-11)24-15(20)21-12-9-5-2-6-10-12/h1-10,14H,(H2,20,21)(H,22,23)/t14-/m1/s1. The molecule has 0 fully saturated rings. The highest BCUT2D eigenvalue weighted by Gasteiger charge is 2.35. The van der Waals surface area contributed by atoms with Crippen molar-refractivity contribution >= 4 is 63.3 Å². The number of hydrogen-bond acceptors (Lipinski definition) is 3. The Morgan fingerprint density at radius 3 is 2.12 bits per heavy atom. The highest BCUT2D eigenvalue weighted by Crippen LogP contribution is 2.36. The number of thioether (sulfide) groups is 1. The zero-order valence-corrected chi connectivity index (χ0v) is 15.4. The fourth-order valence-corrected chi connectivity index (χ4v) is 3.01. The molecule has 0 radical (unpaired) electrons. The predicted molar refractivity (Wildman–Crippen MR) is 103 cm³/mol. The summed E-state index contributed by atoms with van der Waals surface area (Å²) in [6.07, 6.45) is 0. The SMILES string of the molecule is NC(=Nc1ccccc1)S[C@@H](NC(=O)c1ccccc1)C(Cl)(Cl)Cl. The molecule has 126 valence electrons. The van der Waals surface area contributed by atoms with Crippen LogP contribution in [0.25, 0.3) is 0 Å². The fourth-order valence-electron chi connectivity index (χ4n) is 1.75. The van der Waals surface area contributed by atoms with Crippen LogP contribution in [0.3, 0.4) is 0 Å². The third kappa shape index (κ3) is 5.91. The summed E-state index contributed by atoms with van der Waals surface area (Å²) in [6, 6.07) is 17.7. The quantitative estimate of drug-likeness (QED) is 0.342. The summed E-state index contributed by atoms with van der Waals surface area (Å²) in [7, 11) is 0. The summed E-state index contributed by atoms with van der Waals surface area (Å²) in [5, 5.41) is 1.93. The molecule has 1 atom stereocenters. The average molecular weight is 403 g/mol. The number of para-hydroxylation sites is 1. The molecule has 0 unspecified atom stereocenters. The number of nitrogens with two attached hydrogens (primary N) is 1. The van der Waals surface area contributed by atoms with Crippen LogP contribution < -0.4 is 11.1 Å². The van der Waals surface area contributed by atoms with E-state index < -0.39 is 9.17 Å². The number of carbonyl (C=O) groups is 1. The van der Waals surface area contributed by atoms with Crippen LogP contribution in [0.15, 0.2) is 65.7 Å². The van der Waals surface area contributed by atoms with Crippen LogP contribution in [-0.2, 0) is 0 Å². The summed E-state index contributed by atoms with van der Waals surface area (Å²) in [5.41, 5.74) is 7.02.